The Morgan fingerprint density at radius 1 is 1.10 bits per heavy atom. The van der Waals surface area contributed by atoms with E-state index in [0.717, 1.165) is 32.6 Å². The van der Waals surface area contributed by atoms with Gasteiger partial charge in [0.15, 0.2) is 0 Å². The maximum Gasteiger partial charge on any atom is 0.340 e. The average Bonchev–Trinajstić information content (AvgIpc) is 3.25. The average molecular weight is 567 g/mol. The molecule has 0 atom stereocenters. The van der Waals surface area contributed by atoms with Crippen molar-refractivity contribution in [2.24, 2.45) is 0 Å². The van der Waals surface area contributed by atoms with Crippen molar-refractivity contribution in [3.8, 4) is 17.1 Å². The minimum absolute atomic E-state index is 0.120. The minimum atomic E-state index is -2.17. The van der Waals surface area contributed by atoms with E-state index in [4.69, 9.17) is 25.8 Å². The molecular formula is C27H33ClF2N4O5. The Bertz CT molecular complexity index is 1260. The van der Waals surface area contributed by atoms with Crippen molar-refractivity contribution in [3.63, 3.8) is 0 Å². The summed E-state index contributed by atoms with van der Waals surface area (Å²) in [6.07, 6.45) is 6.61. The maximum absolute atomic E-state index is 12.8. The lowest BCUT2D eigenvalue weighted by Crippen LogP contribution is -2.30. The fraction of sp³-hybridized carbons (Fsp3) is 0.519. The smallest absolute Gasteiger partial charge is 0.340 e. The molecule has 3 heterocycles. The van der Waals surface area contributed by atoms with Gasteiger partial charge in [-0.1, -0.05) is 18.0 Å². The number of alkyl halides is 2. The third-order valence-electron chi connectivity index (χ3n) is 5.93. The van der Waals surface area contributed by atoms with Crippen LogP contribution in [0.3, 0.4) is 0 Å². The van der Waals surface area contributed by atoms with Crippen LogP contribution in [0.5, 0.6) is 5.88 Å². The quantitative estimate of drug-likeness (QED) is 0.183. The number of aryl methyl sites for hydroxylation is 1. The summed E-state index contributed by atoms with van der Waals surface area (Å²) in [5.74, 6) is -0.431. The molecule has 1 aliphatic rings. The molecule has 3 aromatic heterocycles. The summed E-state index contributed by atoms with van der Waals surface area (Å²) >= 11 is 6.52. The van der Waals surface area contributed by atoms with Gasteiger partial charge < -0.3 is 18.8 Å². The summed E-state index contributed by atoms with van der Waals surface area (Å²) in [6.45, 7) is 6.22. The zero-order valence-corrected chi connectivity index (χ0v) is 23.2. The van der Waals surface area contributed by atoms with Gasteiger partial charge in [-0.15, -0.1) is 0 Å². The number of rotatable bonds is 8. The number of aromatic nitrogens is 4. The van der Waals surface area contributed by atoms with Crippen LogP contribution in [-0.4, -0.2) is 57.2 Å². The Morgan fingerprint density at radius 3 is 2.31 bits per heavy atom. The van der Waals surface area contributed by atoms with Crippen LogP contribution in [0.15, 0.2) is 24.5 Å². The first-order valence-corrected chi connectivity index (χ1v) is 13.3. The summed E-state index contributed by atoms with van der Waals surface area (Å²) in [4.78, 5) is 38.9. The molecule has 0 amide bonds. The lowest BCUT2D eigenvalue weighted by molar-refractivity contribution is -0.160. The van der Waals surface area contributed by atoms with E-state index < -0.39 is 24.4 Å². The lowest BCUT2D eigenvalue weighted by atomic mass is 9.98. The fourth-order valence-electron chi connectivity index (χ4n) is 4.43. The Balaban J connectivity index is 0.000000983. The molecule has 0 bridgehead atoms. The molecule has 212 valence electrons. The topological polar surface area (TPSA) is 105 Å². The molecule has 1 saturated carbocycles. The molecule has 3 aromatic rings. The Kier molecular flexibility index (Phi) is 11.0. The zero-order valence-electron chi connectivity index (χ0n) is 22.5. The Morgan fingerprint density at radius 2 is 1.72 bits per heavy atom. The van der Waals surface area contributed by atoms with Crippen molar-refractivity contribution >= 4 is 34.4 Å². The molecule has 9 nitrogen and oxygen atoms in total. The van der Waals surface area contributed by atoms with E-state index in [2.05, 4.69) is 15.0 Å². The van der Waals surface area contributed by atoms with E-state index in [-0.39, 0.29) is 24.5 Å². The van der Waals surface area contributed by atoms with E-state index >= 15 is 0 Å². The van der Waals surface area contributed by atoms with Gasteiger partial charge in [-0.05, 0) is 59.4 Å². The van der Waals surface area contributed by atoms with E-state index in [9.17, 15) is 18.4 Å². The molecule has 0 unspecified atom stereocenters. The van der Waals surface area contributed by atoms with Crippen LogP contribution >= 0.6 is 11.6 Å². The van der Waals surface area contributed by atoms with E-state index in [0.29, 0.717) is 33.9 Å². The third-order valence-corrected chi connectivity index (χ3v) is 6.21. The second kappa shape index (κ2) is 14.2. The van der Waals surface area contributed by atoms with Gasteiger partial charge in [-0.25, -0.2) is 28.3 Å². The minimum Gasteiger partial charge on any atom is -0.474 e. The van der Waals surface area contributed by atoms with Crippen molar-refractivity contribution in [1.29, 1.82) is 0 Å². The Labute approximate surface area is 230 Å². The predicted molar refractivity (Wildman–Crippen MR) is 142 cm³/mol. The number of carbonyl (C=O) groups is 2. The molecule has 0 aliphatic heterocycles. The van der Waals surface area contributed by atoms with Crippen LogP contribution in [0, 0.1) is 6.92 Å². The first kappa shape index (κ1) is 30.2. The number of hydrogen-bond donors (Lipinski definition) is 0. The van der Waals surface area contributed by atoms with Crippen molar-refractivity contribution in [3.05, 3.63) is 35.5 Å². The highest BCUT2D eigenvalue weighted by Gasteiger charge is 2.34. The largest absolute Gasteiger partial charge is 0.474 e. The Hall–Kier alpha value is -3.34. The first-order valence-electron chi connectivity index (χ1n) is 12.9. The van der Waals surface area contributed by atoms with Crippen molar-refractivity contribution < 1.29 is 32.6 Å². The van der Waals surface area contributed by atoms with Gasteiger partial charge in [0.25, 0.3) is 0 Å². The van der Waals surface area contributed by atoms with Crippen LogP contribution in [0.1, 0.15) is 64.7 Å². The van der Waals surface area contributed by atoms with Crippen LogP contribution < -0.4 is 4.74 Å². The molecule has 4 rings (SSSR count). The molecule has 1 fully saturated rings. The standard InChI is InChI=1S/C25H29ClN4O5.C2H4F2/c1-4-33-24(31)22(25(32)34-5-2)30-14-17(21-19(30)11-12-27-23(21)26)18-13-20(29-15(3)28-18)35-16-9-7-6-8-10-16;1-2(3)4/h11-14,16,22H,4-10H2,1-3H3;2H,1H3. The van der Waals surface area contributed by atoms with Crippen LogP contribution in [0.2, 0.25) is 5.15 Å². The van der Waals surface area contributed by atoms with Gasteiger partial charge in [-0.3, -0.25) is 0 Å². The molecule has 0 N–H and O–H groups in total. The van der Waals surface area contributed by atoms with Gasteiger partial charge in [0, 0.05) is 29.4 Å². The van der Waals surface area contributed by atoms with Gasteiger partial charge in [0.05, 0.1) is 24.4 Å². The van der Waals surface area contributed by atoms with E-state index in [1.54, 1.807) is 39.1 Å². The molecule has 0 saturated heterocycles. The second-order valence-electron chi connectivity index (χ2n) is 8.89. The highest BCUT2D eigenvalue weighted by Crippen LogP contribution is 2.37. The monoisotopic (exact) mass is 566 g/mol. The van der Waals surface area contributed by atoms with Gasteiger partial charge in [-0.2, -0.15) is 4.98 Å². The number of hydrogen-bond acceptors (Lipinski definition) is 8. The summed E-state index contributed by atoms with van der Waals surface area (Å²) in [6, 6.07) is 2.10. The zero-order chi connectivity index (χ0) is 28.5. The number of halogens is 3. The summed E-state index contributed by atoms with van der Waals surface area (Å²) in [5, 5.41) is 0.767. The number of esters is 2. The fourth-order valence-corrected chi connectivity index (χ4v) is 4.69. The first-order chi connectivity index (χ1) is 18.7. The molecule has 0 spiro atoms. The van der Waals surface area contributed by atoms with E-state index in [1.165, 1.54) is 17.2 Å². The summed E-state index contributed by atoms with van der Waals surface area (Å²) in [7, 11) is 0. The number of nitrogens with zero attached hydrogens (tertiary/aromatic N) is 4. The third kappa shape index (κ3) is 7.84. The molecule has 1 aliphatic carbocycles. The van der Waals surface area contributed by atoms with Crippen molar-refractivity contribution in [2.75, 3.05) is 13.2 Å². The number of fused-ring (bicyclic) bond motifs is 1. The van der Waals surface area contributed by atoms with Crippen LogP contribution in [0.25, 0.3) is 22.2 Å². The highest BCUT2D eigenvalue weighted by atomic mass is 35.5. The lowest BCUT2D eigenvalue weighted by Gasteiger charge is -2.22. The van der Waals surface area contributed by atoms with Crippen molar-refractivity contribution in [2.45, 2.75) is 78.4 Å². The van der Waals surface area contributed by atoms with Gasteiger partial charge in [0.2, 0.25) is 18.3 Å². The van der Waals surface area contributed by atoms with Gasteiger partial charge in [0.1, 0.15) is 17.1 Å². The SMILES string of the molecule is CC(F)F.CCOC(=O)C(C(=O)OCC)n1cc(-c2cc(OC3CCCCC3)nc(C)n2)c2c(Cl)nccc21. The second-order valence-corrected chi connectivity index (χ2v) is 9.25. The van der Waals surface area contributed by atoms with Crippen LogP contribution in [0.4, 0.5) is 8.78 Å². The highest BCUT2D eigenvalue weighted by molar-refractivity contribution is 6.35. The molecule has 0 radical (unpaired) electrons. The molecule has 39 heavy (non-hydrogen) atoms. The summed E-state index contributed by atoms with van der Waals surface area (Å²) < 4.78 is 38.7. The number of ether oxygens (including phenoxy) is 3. The van der Waals surface area contributed by atoms with Crippen LogP contribution in [-0.2, 0) is 19.1 Å². The summed E-state index contributed by atoms with van der Waals surface area (Å²) in [5.41, 5.74) is 1.67. The van der Waals surface area contributed by atoms with E-state index in [1.807, 2.05) is 0 Å². The normalized spacial score (nSPS) is 13.8. The number of pyridine rings is 1. The number of carbonyl (C=O) groups excluding carboxylic acids is 2. The van der Waals surface area contributed by atoms with Crippen molar-refractivity contribution in [1.82, 2.24) is 19.5 Å². The molecular weight excluding hydrogens is 534 g/mol. The molecule has 12 heteroatoms. The predicted octanol–water partition coefficient (Wildman–Crippen LogP) is 6.11. The maximum atomic E-state index is 12.8. The molecule has 0 aromatic carbocycles. The van der Waals surface area contributed by atoms with Gasteiger partial charge >= 0.3 is 11.9 Å².